The third kappa shape index (κ3) is 1.78. The summed E-state index contributed by atoms with van der Waals surface area (Å²) in [5.41, 5.74) is -0.0499. The molecule has 0 aliphatic carbocycles. The number of aromatic carboxylic acids is 1. The third-order valence-electron chi connectivity index (χ3n) is 2.19. The summed E-state index contributed by atoms with van der Waals surface area (Å²) in [4.78, 5) is 10.6. The topological polar surface area (TPSA) is 106 Å². The Morgan fingerprint density at radius 2 is 2.00 bits per heavy atom. The van der Waals surface area contributed by atoms with Gasteiger partial charge in [-0.25, -0.2) is 9.18 Å². The first-order chi connectivity index (χ1) is 8.00. The molecule has 0 aliphatic heterocycles. The van der Waals surface area contributed by atoms with E-state index in [1.54, 1.807) is 0 Å². The van der Waals surface area contributed by atoms with E-state index in [2.05, 4.69) is 10.2 Å². The zero-order chi connectivity index (χ0) is 12.6. The number of hydrogen-bond donors (Lipinski definition) is 4. The number of H-pyrrole nitrogens is 1. The van der Waals surface area contributed by atoms with E-state index in [4.69, 9.17) is 5.11 Å². The number of carboxylic acid groups (broad SMARTS) is 1. The average Bonchev–Trinajstić information content (AvgIpc) is 2.75. The molecule has 0 spiro atoms. The van der Waals surface area contributed by atoms with Gasteiger partial charge in [0.25, 0.3) is 0 Å². The van der Waals surface area contributed by atoms with Crippen LogP contribution in [-0.4, -0.2) is 31.5 Å². The van der Waals surface area contributed by atoms with Gasteiger partial charge in [0.15, 0.2) is 17.3 Å². The minimum atomic E-state index is -1.21. The van der Waals surface area contributed by atoms with Crippen LogP contribution in [0.2, 0.25) is 0 Å². The van der Waals surface area contributed by atoms with E-state index in [-0.39, 0.29) is 17.0 Å². The number of carboxylic acids is 1. The molecule has 88 valence electrons. The number of carbonyl (C=O) groups is 1. The molecule has 0 radical (unpaired) electrons. The molecule has 1 aromatic carbocycles. The van der Waals surface area contributed by atoms with Crippen molar-refractivity contribution < 1.29 is 24.5 Å². The zero-order valence-electron chi connectivity index (χ0n) is 8.31. The van der Waals surface area contributed by atoms with Gasteiger partial charge in [0, 0.05) is 5.56 Å². The quantitative estimate of drug-likeness (QED) is 0.590. The third-order valence-corrected chi connectivity index (χ3v) is 2.19. The maximum absolute atomic E-state index is 12.9. The van der Waals surface area contributed by atoms with E-state index in [1.807, 2.05) is 0 Å². The van der Waals surface area contributed by atoms with Gasteiger partial charge in [0.1, 0.15) is 5.69 Å². The first kappa shape index (κ1) is 10.9. The Kier molecular flexibility index (Phi) is 2.43. The molecule has 0 fully saturated rings. The Morgan fingerprint density at radius 1 is 1.29 bits per heavy atom. The molecule has 2 aromatic rings. The number of phenols is 2. The van der Waals surface area contributed by atoms with E-state index in [0.29, 0.717) is 0 Å². The van der Waals surface area contributed by atoms with Crippen molar-refractivity contribution in [1.29, 1.82) is 0 Å². The van der Waals surface area contributed by atoms with Crippen LogP contribution in [0.5, 0.6) is 11.5 Å². The highest BCUT2D eigenvalue weighted by Gasteiger charge is 2.16. The fraction of sp³-hybridized carbons (Fsp3) is 0. The van der Waals surface area contributed by atoms with E-state index in [9.17, 15) is 19.4 Å². The van der Waals surface area contributed by atoms with Crippen molar-refractivity contribution in [2.45, 2.75) is 0 Å². The van der Waals surface area contributed by atoms with Crippen molar-refractivity contribution >= 4 is 5.97 Å². The number of benzene rings is 1. The first-order valence-corrected chi connectivity index (χ1v) is 4.50. The Hall–Kier alpha value is -2.57. The second kappa shape index (κ2) is 3.78. The molecular formula is C10H7FN2O4. The Morgan fingerprint density at radius 3 is 2.59 bits per heavy atom. The highest BCUT2D eigenvalue weighted by molar-refractivity contribution is 5.87. The van der Waals surface area contributed by atoms with Crippen LogP contribution in [0.3, 0.4) is 0 Å². The summed E-state index contributed by atoms with van der Waals surface area (Å²) < 4.78 is 12.9. The molecule has 0 saturated heterocycles. The molecule has 1 aromatic heterocycles. The van der Waals surface area contributed by atoms with Crippen molar-refractivity contribution in [3.05, 3.63) is 29.7 Å². The number of aromatic nitrogens is 2. The van der Waals surface area contributed by atoms with Gasteiger partial charge in [-0.2, -0.15) is 5.10 Å². The lowest BCUT2D eigenvalue weighted by Gasteiger charge is -2.03. The predicted octanol–water partition coefficient (Wildman–Crippen LogP) is 1.33. The molecule has 0 unspecified atom stereocenters. The van der Waals surface area contributed by atoms with Gasteiger partial charge in [0.05, 0.1) is 5.69 Å². The van der Waals surface area contributed by atoms with Crippen LogP contribution in [0.1, 0.15) is 10.5 Å². The molecule has 0 atom stereocenters. The van der Waals surface area contributed by atoms with E-state index in [0.717, 1.165) is 12.1 Å². The van der Waals surface area contributed by atoms with Crippen LogP contribution in [0.4, 0.5) is 4.39 Å². The lowest BCUT2D eigenvalue weighted by Crippen LogP contribution is -1.95. The molecule has 0 bridgehead atoms. The van der Waals surface area contributed by atoms with E-state index >= 15 is 0 Å². The Labute approximate surface area is 94.0 Å². The largest absolute Gasteiger partial charge is 0.504 e. The van der Waals surface area contributed by atoms with Crippen molar-refractivity contribution in [3.8, 4) is 22.8 Å². The van der Waals surface area contributed by atoms with Crippen molar-refractivity contribution in [3.63, 3.8) is 0 Å². The second-order valence-electron chi connectivity index (χ2n) is 3.26. The van der Waals surface area contributed by atoms with Crippen LogP contribution in [0, 0.1) is 5.82 Å². The lowest BCUT2D eigenvalue weighted by atomic mass is 10.1. The van der Waals surface area contributed by atoms with Crippen LogP contribution in [-0.2, 0) is 0 Å². The van der Waals surface area contributed by atoms with E-state index in [1.165, 1.54) is 6.07 Å². The van der Waals surface area contributed by atoms with Crippen LogP contribution < -0.4 is 0 Å². The molecule has 17 heavy (non-hydrogen) atoms. The van der Waals surface area contributed by atoms with Gasteiger partial charge < -0.3 is 15.3 Å². The molecule has 0 aliphatic rings. The molecule has 2 rings (SSSR count). The standard InChI is InChI=1S/C10H7FN2O4/c11-5-2-1-4(8(14)9(5)15)6-3-7(10(16)17)13-12-6/h1-3,14-15H,(H,12,13)(H,16,17). The number of nitrogens with one attached hydrogen (secondary N) is 1. The molecule has 0 saturated carbocycles. The molecule has 4 N–H and O–H groups in total. The van der Waals surface area contributed by atoms with Gasteiger partial charge in [-0.3, -0.25) is 5.10 Å². The summed E-state index contributed by atoms with van der Waals surface area (Å²) in [5.74, 6) is -3.77. The number of aromatic amines is 1. The molecule has 7 heteroatoms. The monoisotopic (exact) mass is 238 g/mol. The van der Waals surface area contributed by atoms with Crippen molar-refractivity contribution in [1.82, 2.24) is 10.2 Å². The lowest BCUT2D eigenvalue weighted by molar-refractivity contribution is 0.0690. The van der Waals surface area contributed by atoms with Crippen LogP contribution in [0.15, 0.2) is 18.2 Å². The van der Waals surface area contributed by atoms with Crippen LogP contribution >= 0.6 is 0 Å². The summed E-state index contributed by atoms with van der Waals surface area (Å²) in [5, 5.41) is 33.2. The number of phenolic OH excluding ortho intramolecular Hbond substituents is 2. The predicted molar refractivity (Wildman–Crippen MR) is 54.3 cm³/mol. The Bertz CT molecular complexity index is 594. The Balaban J connectivity index is 2.53. The molecular weight excluding hydrogens is 231 g/mol. The summed E-state index contributed by atoms with van der Waals surface area (Å²) in [7, 11) is 0. The van der Waals surface area contributed by atoms with Gasteiger partial charge in [-0.05, 0) is 18.2 Å². The van der Waals surface area contributed by atoms with Crippen LogP contribution in [0.25, 0.3) is 11.3 Å². The second-order valence-corrected chi connectivity index (χ2v) is 3.26. The van der Waals surface area contributed by atoms with Gasteiger partial charge in [-0.15, -0.1) is 0 Å². The fourth-order valence-corrected chi connectivity index (χ4v) is 1.33. The zero-order valence-corrected chi connectivity index (χ0v) is 8.31. The maximum Gasteiger partial charge on any atom is 0.353 e. The molecule has 0 amide bonds. The highest BCUT2D eigenvalue weighted by Crippen LogP contribution is 2.37. The first-order valence-electron chi connectivity index (χ1n) is 4.50. The number of nitrogens with zero attached hydrogens (tertiary/aromatic N) is 1. The SMILES string of the molecule is O=C(O)c1cc(-c2ccc(F)c(O)c2O)n[nH]1. The molecule has 6 nitrogen and oxygen atoms in total. The molecule has 1 heterocycles. The summed E-state index contributed by atoms with van der Waals surface area (Å²) >= 11 is 0. The van der Waals surface area contributed by atoms with Gasteiger partial charge in [-0.1, -0.05) is 0 Å². The smallest absolute Gasteiger partial charge is 0.353 e. The van der Waals surface area contributed by atoms with Crippen molar-refractivity contribution in [2.24, 2.45) is 0 Å². The number of hydrogen-bond acceptors (Lipinski definition) is 4. The number of rotatable bonds is 2. The average molecular weight is 238 g/mol. The van der Waals surface area contributed by atoms with Gasteiger partial charge >= 0.3 is 5.97 Å². The number of aromatic hydroxyl groups is 2. The van der Waals surface area contributed by atoms with Crippen molar-refractivity contribution in [2.75, 3.05) is 0 Å². The minimum Gasteiger partial charge on any atom is -0.504 e. The fourth-order valence-electron chi connectivity index (χ4n) is 1.33. The minimum absolute atomic E-state index is 0.0349. The number of halogens is 1. The maximum atomic E-state index is 12.9. The highest BCUT2D eigenvalue weighted by atomic mass is 19.1. The van der Waals surface area contributed by atoms with Gasteiger partial charge in [0.2, 0.25) is 0 Å². The van der Waals surface area contributed by atoms with E-state index < -0.39 is 23.3 Å². The normalized spacial score (nSPS) is 10.4. The summed E-state index contributed by atoms with van der Waals surface area (Å²) in [6, 6.07) is 3.29. The summed E-state index contributed by atoms with van der Waals surface area (Å²) in [6.45, 7) is 0. The summed E-state index contributed by atoms with van der Waals surface area (Å²) in [6.07, 6.45) is 0.